The summed E-state index contributed by atoms with van der Waals surface area (Å²) >= 11 is 0. The molecule has 2 rings (SSSR count). The summed E-state index contributed by atoms with van der Waals surface area (Å²) in [5.41, 5.74) is -0.385. The predicted octanol–water partition coefficient (Wildman–Crippen LogP) is 1.68. The van der Waals surface area contributed by atoms with Crippen LogP contribution in [0.3, 0.4) is 0 Å². The van der Waals surface area contributed by atoms with Gasteiger partial charge in [0.25, 0.3) is 0 Å². The van der Waals surface area contributed by atoms with E-state index in [1.807, 2.05) is 0 Å². The third kappa shape index (κ3) is 3.95. The maximum absolute atomic E-state index is 12.2. The van der Waals surface area contributed by atoms with Crippen molar-refractivity contribution in [3.05, 3.63) is 0 Å². The van der Waals surface area contributed by atoms with Crippen LogP contribution in [0.5, 0.6) is 0 Å². The van der Waals surface area contributed by atoms with Crippen molar-refractivity contribution in [3.8, 4) is 0 Å². The third-order valence-electron chi connectivity index (χ3n) is 5.14. The quantitative estimate of drug-likeness (QED) is 0.738. The molecule has 2 fully saturated rings. The zero-order valence-corrected chi connectivity index (χ0v) is 13.2. The zero-order valence-electron chi connectivity index (χ0n) is 13.2. The number of hydrogen-bond acceptors (Lipinski definition) is 3. The van der Waals surface area contributed by atoms with E-state index in [1.54, 1.807) is 0 Å². The summed E-state index contributed by atoms with van der Waals surface area (Å²) in [4.78, 5) is 12.2. The molecule has 1 saturated carbocycles. The lowest BCUT2D eigenvalue weighted by Crippen LogP contribution is -2.46. The van der Waals surface area contributed by atoms with Gasteiger partial charge in [-0.05, 0) is 50.0 Å². The lowest BCUT2D eigenvalue weighted by Gasteiger charge is -2.36. The minimum absolute atomic E-state index is 0.137. The van der Waals surface area contributed by atoms with Crippen molar-refractivity contribution in [2.75, 3.05) is 19.6 Å². The molecule has 116 valence electrons. The van der Waals surface area contributed by atoms with Gasteiger partial charge in [0.05, 0.1) is 5.60 Å². The van der Waals surface area contributed by atoms with Gasteiger partial charge in [0.1, 0.15) is 0 Å². The van der Waals surface area contributed by atoms with Gasteiger partial charge in [0.15, 0.2) is 0 Å². The Morgan fingerprint density at radius 1 is 1.30 bits per heavy atom. The maximum atomic E-state index is 12.2. The number of hydrogen-bond donors (Lipinski definition) is 3. The number of nitrogens with one attached hydrogen (secondary N) is 2. The number of amides is 1. The molecule has 4 heteroatoms. The Kier molecular flexibility index (Phi) is 4.75. The Labute approximate surface area is 122 Å². The van der Waals surface area contributed by atoms with E-state index in [0.29, 0.717) is 18.5 Å². The first-order valence-electron chi connectivity index (χ1n) is 8.01. The monoisotopic (exact) mass is 282 g/mol. The Bertz CT molecular complexity index is 335. The molecule has 0 radical (unpaired) electrons. The van der Waals surface area contributed by atoms with Gasteiger partial charge in [-0.3, -0.25) is 4.79 Å². The van der Waals surface area contributed by atoms with Crippen LogP contribution in [0.2, 0.25) is 0 Å². The lowest BCUT2D eigenvalue weighted by molar-refractivity contribution is -0.127. The molecule has 1 aliphatic carbocycles. The average Bonchev–Trinajstić information content (AvgIpc) is 2.83. The molecular weight excluding hydrogens is 252 g/mol. The van der Waals surface area contributed by atoms with E-state index in [0.717, 1.165) is 44.6 Å². The molecule has 0 aromatic heterocycles. The van der Waals surface area contributed by atoms with Crippen LogP contribution in [0.25, 0.3) is 0 Å². The zero-order chi connectivity index (χ0) is 14.8. The lowest BCUT2D eigenvalue weighted by atomic mass is 9.69. The Morgan fingerprint density at radius 3 is 2.45 bits per heavy atom. The van der Waals surface area contributed by atoms with E-state index < -0.39 is 5.60 Å². The molecule has 0 aromatic carbocycles. The first-order chi connectivity index (χ1) is 9.30. The van der Waals surface area contributed by atoms with Gasteiger partial charge in [-0.15, -0.1) is 0 Å². The van der Waals surface area contributed by atoms with Gasteiger partial charge in [0, 0.05) is 19.0 Å². The topological polar surface area (TPSA) is 61.4 Å². The smallest absolute Gasteiger partial charge is 0.223 e. The van der Waals surface area contributed by atoms with Crippen molar-refractivity contribution >= 4 is 5.91 Å². The molecule has 1 atom stereocenters. The Morgan fingerprint density at radius 2 is 1.95 bits per heavy atom. The van der Waals surface area contributed by atoms with Crippen molar-refractivity contribution in [3.63, 3.8) is 0 Å². The number of aliphatic hydroxyl groups is 1. The molecule has 0 bridgehead atoms. The summed E-state index contributed by atoms with van der Waals surface area (Å²) in [6, 6.07) is 0. The standard InChI is InChI=1S/C16H30N2O2/c1-15(2,3)13-6-4-12(5-7-13)14(19)18-11-16(20)8-9-17-10-16/h12-13,17,20H,4-11H2,1-3H3,(H,18,19). The van der Waals surface area contributed by atoms with Crippen molar-refractivity contribution in [2.24, 2.45) is 17.3 Å². The summed E-state index contributed by atoms with van der Waals surface area (Å²) in [6.45, 7) is 8.69. The van der Waals surface area contributed by atoms with Crippen molar-refractivity contribution in [1.29, 1.82) is 0 Å². The SMILES string of the molecule is CC(C)(C)C1CCC(C(=O)NCC2(O)CCNC2)CC1. The highest BCUT2D eigenvalue weighted by molar-refractivity contribution is 5.78. The summed E-state index contributed by atoms with van der Waals surface area (Å²) < 4.78 is 0. The molecule has 3 N–H and O–H groups in total. The molecule has 1 unspecified atom stereocenters. The van der Waals surface area contributed by atoms with Crippen LogP contribution < -0.4 is 10.6 Å². The second kappa shape index (κ2) is 6.02. The van der Waals surface area contributed by atoms with Gasteiger partial charge in [-0.25, -0.2) is 0 Å². The fourth-order valence-electron chi connectivity index (χ4n) is 3.50. The first-order valence-corrected chi connectivity index (χ1v) is 8.01. The van der Waals surface area contributed by atoms with Crippen molar-refractivity contribution in [2.45, 2.75) is 58.5 Å². The molecule has 1 heterocycles. The van der Waals surface area contributed by atoms with Crippen LogP contribution in [-0.4, -0.2) is 36.2 Å². The van der Waals surface area contributed by atoms with Crippen LogP contribution in [0, 0.1) is 17.3 Å². The van der Waals surface area contributed by atoms with E-state index in [9.17, 15) is 9.90 Å². The maximum Gasteiger partial charge on any atom is 0.223 e. The second-order valence-corrected chi connectivity index (χ2v) is 7.78. The number of β-amino-alcohol motifs (C(OH)–C–C–N with tert-alkyl or cyclic N) is 1. The van der Waals surface area contributed by atoms with E-state index in [4.69, 9.17) is 0 Å². The van der Waals surface area contributed by atoms with Crippen LogP contribution in [0.4, 0.5) is 0 Å². The molecule has 1 amide bonds. The Balaban J connectivity index is 1.75. The van der Waals surface area contributed by atoms with E-state index in [-0.39, 0.29) is 11.8 Å². The molecule has 1 aliphatic heterocycles. The first kappa shape index (κ1) is 15.8. The van der Waals surface area contributed by atoms with Gasteiger partial charge >= 0.3 is 0 Å². The number of rotatable bonds is 3. The van der Waals surface area contributed by atoms with E-state index in [1.165, 1.54) is 0 Å². The Hall–Kier alpha value is -0.610. The minimum atomic E-state index is -0.738. The van der Waals surface area contributed by atoms with Gasteiger partial charge in [-0.2, -0.15) is 0 Å². The number of carbonyl (C=O) groups is 1. The third-order valence-corrected chi connectivity index (χ3v) is 5.14. The summed E-state index contributed by atoms with van der Waals surface area (Å²) in [5, 5.41) is 16.3. The number of carbonyl (C=O) groups excluding carboxylic acids is 1. The average molecular weight is 282 g/mol. The highest BCUT2D eigenvalue weighted by Gasteiger charge is 2.34. The minimum Gasteiger partial charge on any atom is -0.387 e. The molecular formula is C16H30N2O2. The fourth-order valence-corrected chi connectivity index (χ4v) is 3.50. The van der Waals surface area contributed by atoms with Gasteiger partial charge in [0.2, 0.25) is 5.91 Å². The molecule has 1 saturated heterocycles. The van der Waals surface area contributed by atoms with Crippen LogP contribution in [0.15, 0.2) is 0 Å². The van der Waals surface area contributed by atoms with Gasteiger partial charge in [-0.1, -0.05) is 20.8 Å². The fraction of sp³-hybridized carbons (Fsp3) is 0.938. The largest absolute Gasteiger partial charge is 0.387 e. The summed E-state index contributed by atoms with van der Waals surface area (Å²) in [5.74, 6) is 1.01. The molecule has 0 aromatic rings. The predicted molar refractivity (Wildman–Crippen MR) is 80.3 cm³/mol. The van der Waals surface area contributed by atoms with E-state index >= 15 is 0 Å². The normalized spacial score (nSPS) is 35.0. The molecule has 2 aliphatic rings. The van der Waals surface area contributed by atoms with E-state index in [2.05, 4.69) is 31.4 Å². The second-order valence-electron chi connectivity index (χ2n) is 7.78. The van der Waals surface area contributed by atoms with Crippen molar-refractivity contribution < 1.29 is 9.90 Å². The summed E-state index contributed by atoms with van der Waals surface area (Å²) in [6.07, 6.45) is 5.00. The summed E-state index contributed by atoms with van der Waals surface area (Å²) in [7, 11) is 0. The highest BCUT2D eigenvalue weighted by Crippen LogP contribution is 2.39. The van der Waals surface area contributed by atoms with Gasteiger partial charge < -0.3 is 15.7 Å². The van der Waals surface area contributed by atoms with Crippen LogP contribution >= 0.6 is 0 Å². The molecule has 0 spiro atoms. The van der Waals surface area contributed by atoms with Crippen molar-refractivity contribution in [1.82, 2.24) is 10.6 Å². The van der Waals surface area contributed by atoms with Crippen LogP contribution in [0.1, 0.15) is 52.9 Å². The van der Waals surface area contributed by atoms with Crippen LogP contribution in [-0.2, 0) is 4.79 Å². The molecule has 20 heavy (non-hydrogen) atoms. The molecule has 4 nitrogen and oxygen atoms in total. The highest BCUT2D eigenvalue weighted by atomic mass is 16.3.